The Morgan fingerprint density at radius 1 is 1.00 bits per heavy atom. The quantitative estimate of drug-likeness (QED) is 0.124. The summed E-state index contributed by atoms with van der Waals surface area (Å²) in [5.41, 5.74) is 3.28. The number of imidazole rings is 1. The highest BCUT2D eigenvalue weighted by molar-refractivity contribution is 6.00. The molecule has 2 aromatic heterocycles. The first kappa shape index (κ1) is 30.3. The largest absolute Gasteiger partial charge is 0.462 e. The third-order valence-electron chi connectivity index (χ3n) is 7.54. The molecule has 6 rings (SSSR count). The van der Waals surface area contributed by atoms with E-state index in [-0.39, 0.29) is 29.8 Å². The van der Waals surface area contributed by atoms with Crippen LogP contribution in [0.1, 0.15) is 52.6 Å². The Morgan fingerprint density at radius 2 is 1.85 bits per heavy atom. The minimum Gasteiger partial charge on any atom is -0.462 e. The van der Waals surface area contributed by atoms with Gasteiger partial charge in [-0.3, -0.25) is 4.99 Å². The first-order valence-electron chi connectivity index (χ1n) is 15.1. The third kappa shape index (κ3) is 6.51. The predicted octanol–water partition coefficient (Wildman–Crippen LogP) is 6.29. The van der Waals surface area contributed by atoms with Crippen LogP contribution in [0.4, 0.5) is 0 Å². The molecule has 1 aliphatic rings. The second-order valence-corrected chi connectivity index (χ2v) is 10.9. The summed E-state index contributed by atoms with van der Waals surface area (Å²) in [6.07, 6.45) is 1.59. The molecular formula is C35H33N7O4. The molecular weight excluding hydrogens is 582 g/mol. The normalized spacial score (nSPS) is 12.6. The number of rotatable bonds is 11. The fraction of sp³-hybridized carbons (Fsp3) is 0.257. The van der Waals surface area contributed by atoms with Gasteiger partial charge in [-0.15, -0.1) is 0 Å². The zero-order valence-electron chi connectivity index (χ0n) is 25.9. The Morgan fingerprint density at radius 3 is 2.61 bits per heavy atom. The Hall–Kier alpha value is -5.76. The summed E-state index contributed by atoms with van der Waals surface area (Å²) in [5.74, 6) is 1.78. The molecule has 0 spiro atoms. The van der Waals surface area contributed by atoms with Gasteiger partial charge in [0.05, 0.1) is 31.3 Å². The van der Waals surface area contributed by atoms with E-state index in [4.69, 9.17) is 24.2 Å². The highest BCUT2D eigenvalue weighted by Crippen LogP contribution is 2.34. The number of hydrogen-bond donors (Lipinski definition) is 0. The molecule has 11 heteroatoms. The van der Waals surface area contributed by atoms with Crippen LogP contribution >= 0.6 is 0 Å². The lowest BCUT2D eigenvalue weighted by atomic mass is 10.1. The van der Waals surface area contributed by atoms with Crippen molar-refractivity contribution >= 4 is 23.0 Å². The Labute approximate surface area is 266 Å². The molecule has 5 aromatic rings. The van der Waals surface area contributed by atoms with Crippen molar-refractivity contribution in [1.82, 2.24) is 24.4 Å². The van der Waals surface area contributed by atoms with Crippen molar-refractivity contribution in [2.24, 2.45) is 4.99 Å². The van der Waals surface area contributed by atoms with E-state index in [9.17, 15) is 10.1 Å². The number of carbonyl (C=O) groups excluding carboxylic acids is 1. The molecule has 232 valence electrons. The number of nitrogens with zero attached hydrogens (tertiary/aromatic N) is 7. The van der Waals surface area contributed by atoms with Crippen LogP contribution in [-0.2, 0) is 11.3 Å². The van der Waals surface area contributed by atoms with Crippen LogP contribution in [0.15, 0.2) is 77.8 Å². The van der Waals surface area contributed by atoms with Crippen LogP contribution in [0.2, 0.25) is 0 Å². The molecule has 1 aliphatic heterocycles. The van der Waals surface area contributed by atoms with Crippen molar-refractivity contribution in [3.05, 3.63) is 101 Å². The number of aromatic nitrogens is 4. The number of benzene rings is 3. The van der Waals surface area contributed by atoms with Crippen LogP contribution in [0.5, 0.6) is 23.4 Å². The fourth-order valence-electron chi connectivity index (χ4n) is 5.12. The molecule has 0 amide bonds. The van der Waals surface area contributed by atoms with Gasteiger partial charge in [0.1, 0.15) is 28.7 Å². The number of unbranched alkanes of at least 4 members (excludes halogenated alkanes) is 1. The van der Waals surface area contributed by atoms with E-state index in [0.717, 1.165) is 42.9 Å². The Balaban J connectivity index is 1.42. The van der Waals surface area contributed by atoms with Gasteiger partial charge < -0.3 is 23.7 Å². The monoisotopic (exact) mass is 615 g/mol. The van der Waals surface area contributed by atoms with Gasteiger partial charge >= 0.3 is 12.0 Å². The second-order valence-electron chi connectivity index (χ2n) is 10.9. The highest BCUT2D eigenvalue weighted by Gasteiger charge is 2.23. The lowest BCUT2D eigenvalue weighted by molar-refractivity contribution is 0.0497. The van der Waals surface area contributed by atoms with Gasteiger partial charge in [-0.1, -0.05) is 55.8 Å². The van der Waals surface area contributed by atoms with Crippen LogP contribution < -0.4 is 9.47 Å². The van der Waals surface area contributed by atoms with Crippen LogP contribution in [0.3, 0.4) is 0 Å². The summed E-state index contributed by atoms with van der Waals surface area (Å²) in [7, 11) is 2.01. The molecule has 3 aromatic carbocycles. The maximum absolute atomic E-state index is 13.1. The number of aryl methyl sites for hydroxylation is 1. The van der Waals surface area contributed by atoms with E-state index in [1.54, 1.807) is 12.1 Å². The zero-order chi connectivity index (χ0) is 32.0. The van der Waals surface area contributed by atoms with Crippen molar-refractivity contribution in [1.29, 1.82) is 5.26 Å². The van der Waals surface area contributed by atoms with Gasteiger partial charge in [0.25, 0.3) is 5.88 Å². The van der Waals surface area contributed by atoms with Crippen LogP contribution in [-0.4, -0.2) is 63.0 Å². The minimum atomic E-state index is -0.593. The van der Waals surface area contributed by atoms with E-state index >= 15 is 0 Å². The summed E-state index contributed by atoms with van der Waals surface area (Å²) >= 11 is 0. The zero-order valence-corrected chi connectivity index (χ0v) is 25.9. The van der Waals surface area contributed by atoms with Gasteiger partial charge in [0.2, 0.25) is 0 Å². The van der Waals surface area contributed by atoms with Crippen molar-refractivity contribution in [2.45, 2.75) is 33.2 Å². The summed E-state index contributed by atoms with van der Waals surface area (Å²) in [6.45, 7) is 6.25. The lowest BCUT2D eigenvalue weighted by Crippen LogP contribution is -2.23. The SMILES string of the molecule is CCCCOC(=O)c1cc(C#N)ccc1Oc1nc(Oc2cccc(C3=NCCN3C)c2)nc2c1nc(C)n2Cc1ccccc1. The van der Waals surface area contributed by atoms with Crippen molar-refractivity contribution in [2.75, 3.05) is 26.7 Å². The average molecular weight is 616 g/mol. The number of aliphatic imine (C=N–C) groups is 1. The molecule has 0 bridgehead atoms. The summed E-state index contributed by atoms with van der Waals surface area (Å²) < 4.78 is 20.0. The number of ether oxygens (including phenoxy) is 3. The summed E-state index contributed by atoms with van der Waals surface area (Å²) in [6, 6.07) is 24.3. The molecule has 0 aliphatic carbocycles. The lowest BCUT2D eigenvalue weighted by Gasteiger charge is -2.15. The number of likely N-dealkylation sites (N-methyl/N-ethyl adjacent to an activating group) is 1. The van der Waals surface area contributed by atoms with Crippen molar-refractivity contribution in [3.63, 3.8) is 0 Å². The standard InChI is InChI=1S/C35H33N7O4/c1-4-5-18-44-34(43)28-19-25(21-36)14-15-29(28)46-33-30-32(42(23(2)38-30)22-24-10-7-6-8-11-24)39-35(40-33)45-27-13-9-12-26(20-27)31-37-16-17-41(31)3/h6-15,19-20H,4-5,16-18,22H2,1-3H3. The van der Waals surface area contributed by atoms with E-state index in [1.807, 2.05) is 80.1 Å². The number of nitriles is 1. The van der Waals surface area contributed by atoms with Crippen molar-refractivity contribution < 1.29 is 19.0 Å². The third-order valence-corrected chi connectivity index (χ3v) is 7.54. The number of fused-ring (bicyclic) bond motifs is 1. The molecule has 0 atom stereocenters. The molecule has 0 radical (unpaired) electrons. The van der Waals surface area contributed by atoms with E-state index in [2.05, 4.69) is 20.9 Å². The smallest absolute Gasteiger partial charge is 0.341 e. The number of amidine groups is 1. The minimum absolute atomic E-state index is 0.0382. The summed E-state index contributed by atoms with van der Waals surface area (Å²) in [5, 5.41) is 9.51. The molecule has 11 nitrogen and oxygen atoms in total. The van der Waals surface area contributed by atoms with Gasteiger partial charge in [-0.2, -0.15) is 15.2 Å². The van der Waals surface area contributed by atoms with Gasteiger partial charge in [0.15, 0.2) is 11.2 Å². The molecule has 0 fully saturated rings. The van der Waals surface area contributed by atoms with E-state index < -0.39 is 5.97 Å². The second kappa shape index (κ2) is 13.5. The van der Waals surface area contributed by atoms with Gasteiger partial charge in [-0.05, 0) is 49.2 Å². The fourth-order valence-corrected chi connectivity index (χ4v) is 5.12. The molecule has 0 unspecified atom stereocenters. The average Bonchev–Trinajstić information content (AvgIpc) is 3.64. The van der Waals surface area contributed by atoms with Crippen LogP contribution in [0.25, 0.3) is 11.2 Å². The van der Waals surface area contributed by atoms with E-state index in [1.165, 1.54) is 6.07 Å². The van der Waals surface area contributed by atoms with Crippen molar-refractivity contribution in [3.8, 4) is 29.5 Å². The van der Waals surface area contributed by atoms with Gasteiger partial charge in [-0.25, -0.2) is 9.78 Å². The molecule has 0 saturated heterocycles. The molecule has 3 heterocycles. The predicted molar refractivity (Wildman–Crippen MR) is 173 cm³/mol. The Bertz CT molecular complexity index is 1960. The van der Waals surface area contributed by atoms with Gasteiger partial charge in [0, 0.05) is 19.2 Å². The van der Waals surface area contributed by atoms with E-state index in [0.29, 0.717) is 34.8 Å². The maximum atomic E-state index is 13.1. The molecule has 0 N–H and O–H groups in total. The highest BCUT2D eigenvalue weighted by atomic mass is 16.5. The first-order chi connectivity index (χ1) is 22.4. The molecule has 46 heavy (non-hydrogen) atoms. The summed E-state index contributed by atoms with van der Waals surface area (Å²) in [4.78, 5) is 34.0. The maximum Gasteiger partial charge on any atom is 0.341 e. The number of carbonyl (C=O) groups is 1. The Kier molecular flexibility index (Phi) is 8.87. The molecule has 0 saturated carbocycles. The van der Waals surface area contributed by atoms with Crippen LogP contribution in [0, 0.1) is 18.3 Å². The topological polar surface area (TPSA) is 128 Å². The number of hydrogen-bond acceptors (Lipinski definition) is 10. The number of esters is 1. The first-order valence-corrected chi connectivity index (χ1v) is 15.1.